The van der Waals surface area contributed by atoms with Crippen LogP contribution in [0.3, 0.4) is 0 Å². The normalized spacial score (nSPS) is 27.0. The number of hydrogen-bond acceptors (Lipinski definition) is 3. The van der Waals surface area contributed by atoms with Crippen molar-refractivity contribution < 1.29 is 0 Å². The zero-order valence-corrected chi connectivity index (χ0v) is 13.2. The Labute approximate surface area is 129 Å². The summed E-state index contributed by atoms with van der Waals surface area (Å²) in [4.78, 5) is 5.34. The Morgan fingerprint density at radius 3 is 2.76 bits per heavy atom. The molecule has 1 aromatic carbocycles. The molecular weight excluding hydrogens is 258 g/mol. The molecule has 2 fully saturated rings. The Morgan fingerprint density at radius 2 is 1.95 bits per heavy atom. The van der Waals surface area contributed by atoms with Gasteiger partial charge in [0.1, 0.15) is 0 Å². The van der Waals surface area contributed by atoms with Gasteiger partial charge < -0.3 is 10.6 Å². The van der Waals surface area contributed by atoms with E-state index in [9.17, 15) is 0 Å². The highest BCUT2D eigenvalue weighted by atomic mass is 15.3. The predicted molar refractivity (Wildman–Crippen MR) is 88.2 cm³/mol. The minimum absolute atomic E-state index is 0.149. The molecule has 116 valence electrons. The molecule has 0 aromatic heterocycles. The molecule has 2 heterocycles. The van der Waals surface area contributed by atoms with Crippen molar-refractivity contribution in [3.63, 3.8) is 0 Å². The Bertz CT molecular complexity index is 433. The fourth-order valence-corrected chi connectivity index (χ4v) is 3.91. The quantitative estimate of drug-likeness (QED) is 0.923. The summed E-state index contributed by atoms with van der Waals surface area (Å²) in [6, 6.07) is 11.5. The van der Waals surface area contributed by atoms with Crippen LogP contribution >= 0.6 is 0 Å². The molecule has 21 heavy (non-hydrogen) atoms. The lowest BCUT2D eigenvalue weighted by Crippen LogP contribution is -2.55. The minimum Gasteiger partial charge on any atom is -0.324 e. The molecule has 0 radical (unpaired) electrons. The van der Waals surface area contributed by atoms with Gasteiger partial charge in [-0.1, -0.05) is 43.7 Å². The van der Waals surface area contributed by atoms with Crippen LogP contribution in [0.2, 0.25) is 0 Å². The topological polar surface area (TPSA) is 32.5 Å². The number of hydrogen-bond donors (Lipinski definition) is 1. The van der Waals surface area contributed by atoms with E-state index in [1.54, 1.807) is 0 Å². The van der Waals surface area contributed by atoms with Gasteiger partial charge in [0.25, 0.3) is 0 Å². The molecule has 0 amide bonds. The molecule has 2 saturated heterocycles. The third-order valence-electron chi connectivity index (χ3n) is 5.27. The number of fused-ring (bicyclic) bond motifs is 1. The zero-order valence-electron chi connectivity index (χ0n) is 13.2. The maximum absolute atomic E-state index is 6.45. The summed E-state index contributed by atoms with van der Waals surface area (Å²) < 4.78 is 0. The maximum atomic E-state index is 6.45. The maximum Gasteiger partial charge on any atom is 0.0333 e. The molecule has 0 spiro atoms. The van der Waals surface area contributed by atoms with Gasteiger partial charge in [0.05, 0.1) is 0 Å². The fraction of sp³-hybridized carbons (Fsp3) is 0.667. The summed E-state index contributed by atoms with van der Waals surface area (Å²) in [5, 5.41) is 0. The van der Waals surface area contributed by atoms with Crippen molar-refractivity contribution in [1.29, 1.82) is 0 Å². The van der Waals surface area contributed by atoms with Crippen molar-refractivity contribution in [3.05, 3.63) is 35.9 Å². The average Bonchev–Trinajstić information content (AvgIpc) is 2.55. The fourth-order valence-electron chi connectivity index (χ4n) is 3.91. The summed E-state index contributed by atoms with van der Waals surface area (Å²) in [6.07, 6.45) is 4.19. The van der Waals surface area contributed by atoms with E-state index >= 15 is 0 Å². The summed E-state index contributed by atoms with van der Waals surface area (Å²) in [6.45, 7) is 8.44. The standard InChI is InChI=1S/C18H29N3/c1-15(18(19)16-7-3-2-4-8-16)13-20-11-12-21-10-6-5-9-17(21)14-20/h2-4,7-8,15,17-18H,5-6,9-14,19H2,1H3. The van der Waals surface area contributed by atoms with Crippen LogP contribution in [0.15, 0.2) is 30.3 Å². The highest BCUT2D eigenvalue weighted by Crippen LogP contribution is 2.24. The molecule has 3 rings (SSSR count). The summed E-state index contributed by atoms with van der Waals surface area (Å²) in [7, 11) is 0. The first-order valence-electron chi connectivity index (χ1n) is 8.51. The van der Waals surface area contributed by atoms with Crippen LogP contribution in [0.4, 0.5) is 0 Å². The molecule has 3 atom stereocenters. The molecule has 0 saturated carbocycles. The van der Waals surface area contributed by atoms with Crippen molar-refractivity contribution in [2.24, 2.45) is 11.7 Å². The van der Waals surface area contributed by atoms with Gasteiger partial charge in [-0.25, -0.2) is 0 Å². The van der Waals surface area contributed by atoms with Crippen molar-refractivity contribution in [2.45, 2.75) is 38.3 Å². The van der Waals surface area contributed by atoms with E-state index in [0.29, 0.717) is 5.92 Å². The lowest BCUT2D eigenvalue weighted by atomic mass is 9.93. The monoisotopic (exact) mass is 287 g/mol. The van der Waals surface area contributed by atoms with Gasteiger partial charge in [-0.05, 0) is 30.9 Å². The number of piperazine rings is 1. The van der Waals surface area contributed by atoms with E-state index in [1.165, 1.54) is 51.0 Å². The number of nitrogens with two attached hydrogens (primary N) is 1. The SMILES string of the molecule is CC(CN1CCN2CCCCC2C1)C(N)c1ccccc1. The molecule has 3 heteroatoms. The van der Waals surface area contributed by atoms with Gasteiger partial charge in [-0.3, -0.25) is 4.90 Å². The summed E-state index contributed by atoms with van der Waals surface area (Å²) in [5.74, 6) is 0.502. The summed E-state index contributed by atoms with van der Waals surface area (Å²) >= 11 is 0. The molecule has 1 aromatic rings. The first kappa shape index (κ1) is 15.0. The Kier molecular flexibility index (Phi) is 4.94. The van der Waals surface area contributed by atoms with Crippen molar-refractivity contribution in [2.75, 3.05) is 32.7 Å². The van der Waals surface area contributed by atoms with Gasteiger partial charge in [0.2, 0.25) is 0 Å². The molecule has 0 aliphatic carbocycles. The van der Waals surface area contributed by atoms with Gasteiger partial charge in [0.15, 0.2) is 0 Å². The van der Waals surface area contributed by atoms with Crippen molar-refractivity contribution >= 4 is 0 Å². The number of piperidine rings is 1. The van der Waals surface area contributed by atoms with Crippen LogP contribution in [-0.2, 0) is 0 Å². The first-order chi connectivity index (χ1) is 10.2. The second-order valence-electron chi connectivity index (χ2n) is 6.86. The smallest absolute Gasteiger partial charge is 0.0333 e. The van der Waals surface area contributed by atoms with E-state index in [4.69, 9.17) is 5.73 Å². The lowest BCUT2D eigenvalue weighted by molar-refractivity contribution is 0.0411. The molecule has 3 unspecified atom stereocenters. The highest BCUT2D eigenvalue weighted by molar-refractivity contribution is 5.19. The van der Waals surface area contributed by atoms with Crippen LogP contribution in [0.1, 0.15) is 37.8 Å². The van der Waals surface area contributed by atoms with E-state index in [-0.39, 0.29) is 6.04 Å². The van der Waals surface area contributed by atoms with E-state index in [0.717, 1.165) is 12.6 Å². The molecule has 0 bridgehead atoms. The summed E-state index contributed by atoms with van der Waals surface area (Å²) in [5.41, 5.74) is 7.72. The predicted octanol–water partition coefficient (Wildman–Crippen LogP) is 2.49. The minimum atomic E-state index is 0.149. The Balaban J connectivity index is 1.54. The molecule has 2 aliphatic heterocycles. The van der Waals surface area contributed by atoms with Crippen molar-refractivity contribution in [3.8, 4) is 0 Å². The lowest BCUT2D eigenvalue weighted by Gasteiger charge is -2.45. The number of rotatable bonds is 4. The second kappa shape index (κ2) is 6.91. The van der Waals surface area contributed by atoms with Crippen molar-refractivity contribution in [1.82, 2.24) is 9.80 Å². The molecular formula is C18H29N3. The average molecular weight is 287 g/mol. The largest absolute Gasteiger partial charge is 0.324 e. The molecule has 2 aliphatic rings. The van der Waals surface area contributed by atoms with E-state index < -0.39 is 0 Å². The van der Waals surface area contributed by atoms with Crippen LogP contribution in [-0.4, -0.2) is 48.6 Å². The second-order valence-corrected chi connectivity index (χ2v) is 6.86. The molecule has 2 N–H and O–H groups in total. The zero-order chi connectivity index (χ0) is 14.7. The third-order valence-corrected chi connectivity index (χ3v) is 5.27. The Morgan fingerprint density at radius 1 is 1.14 bits per heavy atom. The number of nitrogens with zero attached hydrogens (tertiary/aromatic N) is 2. The third kappa shape index (κ3) is 3.65. The van der Waals surface area contributed by atoms with Crippen LogP contribution < -0.4 is 5.73 Å². The first-order valence-corrected chi connectivity index (χ1v) is 8.51. The van der Waals surface area contributed by atoms with Gasteiger partial charge in [-0.15, -0.1) is 0 Å². The van der Waals surface area contributed by atoms with Gasteiger partial charge in [0, 0.05) is 38.3 Å². The van der Waals surface area contributed by atoms with Gasteiger partial charge >= 0.3 is 0 Å². The number of benzene rings is 1. The van der Waals surface area contributed by atoms with E-state index in [1.807, 2.05) is 0 Å². The van der Waals surface area contributed by atoms with Crippen LogP contribution in [0.5, 0.6) is 0 Å². The molecule has 3 nitrogen and oxygen atoms in total. The van der Waals surface area contributed by atoms with E-state index in [2.05, 4.69) is 47.1 Å². The van der Waals surface area contributed by atoms with Crippen LogP contribution in [0, 0.1) is 5.92 Å². The Hall–Kier alpha value is -0.900. The van der Waals surface area contributed by atoms with Crippen LogP contribution in [0.25, 0.3) is 0 Å². The van der Waals surface area contributed by atoms with Gasteiger partial charge in [-0.2, -0.15) is 0 Å². The highest BCUT2D eigenvalue weighted by Gasteiger charge is 2.30.